The van der Waals surface area contributed by atoms with E-state index in [0.29, 0.717) is 5.92 Å². The molecule has 3 rings (SSSR count). The van der Waals surface area contributed by atoms with Gasteiger partial charge in [0, 0.05) is 12.1 Å². The lowest BCUT2D eigenvalue weighted by Crippen LogP contribution is -2.42. The molecule has 0 spiro atoms. The van der Waals surface area contributed by atoms with Crippen LogP contribution in [-0.2, 0) is 10.0 Å². The molecule has 18 heavy (non-hydrogen) atoms. The highest BCUT2D eigenvalue weighted by molar-refractivity contribution is 7.89. The first-order valence-electron chi connectivity index (χ1n) is 6.68. The zero-order chi connectivity index (χ0) is 12.8. The average Bonchev–Trinajstić information content (AvgIpc) is 2.94. The van der Waals surface area contributed by atoms with Crippen LogP contribution in [0.5, 0.6) is 0 Å². The van der Waals surface area contributed by atoms with Crippen molar-refractivity contribution in [2.24, 2.45) is 5.92 Å². The van der Waals surface area contributed by atoms with E-state index in [1.807, 2.05) is 6.92 Å². The summed E-state index contributed by atoms with van der Waals surface area (Å²) in [7, 11) is -3.45. The highest BCUT2D eigenvalue weighted by Crippen LogP contribution is 2.42. The molecule has 0 aromatic carbocycles. The number of rotatable bonds is 2. The van der Waals surface area contributed by atoms with Crippen molar-refractivity contribution in [3.05, 3.63) is 18.4 Å². The minimum Gasteiger partial charge on any atom is -0.452 e. The molecule has 1 aromatic heterocycles. The molecular weight excluding hydrogens is 250 g/mol. The maximum atomic E-state index is 12.6. The van der Waals surface area contributed by atoms with Crippen molar-refractivity contribution >= 4 is 10.0 Å². The normalized spacial score (nSPS) is 33.5. The first-order chi connectivity index (χ1) is 8.60. The molecule has 1 aliphatic carbocycles. The van der Waals surface area contributed by atoms with E-state index in [1.165, 1.54) is 25.2 Å². The molecule has 3 unspecified atom stereocenters. The third-order valence-electron chi connectivity index (χ3n) is 4.30. The number of hydrogen-bond donors (Lipinski definition) is 0. The van der Waals surface area contributed by atoms with Crippen LogP contribution in [0.3, 0.4) is 0 Å². The minimum absolute atomic E-state index is 0.0839. The number of furan rings is 1. The van der Waals surface area contributed by atoms with Gasteiger partial charge in [-0.05, 0) is 44.2 Å². The lowest BCUT2D eigenvalue weighted by atomic mass is 9.85. The molecule has 3 atom stereocenters. The fourth-order valence-corrected chi connectivity index (χ4v) is 5.43. The summed E-state index contributed by atoms with van der Waals surface area (Å²) in [6.45, 7) is 2.01. The van der Waals surface area contributed by atoms with Gasteiger partial charge < -0.3 is 4.42 Å². The van der Waals surface area contributed by atoms with E-state index in [4.69, 9.17) is 4.42 Å². The van der Waals surface area contributed by atoms with Crippen LogP contribution in [0.15, 0.2) is 27.9 Å². The van der Waals surface area contributed by atoms with E-state index < -0.39 is 10.0 Å². The molecule has 0 amide bonds. The summed E-state index contributed by atoms with van der Waals surface area (Å²) in [4.78, 5) is 0. The Hall–Kier alpha value is -0.810. The summed E-state index contributed by atoms with van der Waals surface area (Å²) in [5.74, 6) is 0.540. The maximum Gasteiger partial charge on any atom is 0.276 e. The van der Waals surface area contributed by atoms with Gasteiger partial charge in [-0.3, -0.25) is 0 Å². The maximum absolute atomic E-state index is 12.6. The Morgan fingerprint density at radius 1 is 1.33 bits per heavy atom. The molecule has 1 saturated carbocycles. The average molecular weight is 269 g/mol. The third kappa shape index (κ3) is 1.80. The van der Waals surface area contributed by atoms with Crippen LogP contribution in [-0.4, -0.2) is 24.8 Å². The van der Waals surface area contributed by atoms with Crippen LogP contribution in [0.2, 0.25) is 0 Å². The van der Waals surface area contributed by atoms with Crippen molar-refractivity contribution in [2.75, 3.05) is 0 Å². The van der Waals surface area contributed by atoms with Gasteiger partial charge >= 0.3 is 0 Å². The number of nitrogens with zero attached hydrogens (tertiary/aromatic N) is 1. The largest absolute Gasteiger partial charge is 0.452 e. The Morgan fingerprint density at radius 2 is 2.11 bits per heavy atom. The lowest BCUT2D eigenvalue weighted by Gasteiger charge is -2.31. The quantitative estimate of drug-likeness (QED) is 0.829. The zero-order valence-electron chi connectivity index (χ0n) is 10.6. The van der Waals surface area contributed by atoms with Gasteiger partial charge in [0.1, 0.15) is 0 Å². The van der Waals surface area contributed by atoms with Gasteiger partial charge in [0.2, 0.25) is 5.09 Å². The van der Waals surface area contributed by atoms with E-state index in [2.05, 4.69) is 0 Å². The number of hydrogen-bond acceptors (Lipinski definition) is 3. The summed E-state index contributed by atoms with van der Waals surface area (Å²) in [6.07, 6.45) is 6.95. The van der Waals surface area contributed by atoms with Gasteiger partial charge in [0.25, 0.3) is 10.0 Å². The van der Waals surface area contributed by atoms with Gasteiger partial charge in [-0.25, -0.2) is 8.42 Å². The van der Waals surface area contributed by atoms with E-state index >= 15 is 0 Å². The molecule has 2 fully saturated rings. The number of sulfonamides is 1. The molecule has 1 aromatic rings. The minimum atomic E-state index is -3.45. The van der Waals surface area contributed by atoms with Crippen LogP contribution in [0.25, 0.3) is 0 Å². The molecule has 0 radical (unpaired) electrons. The lowest BCUT2D eigenvalue weighted by molar-refractivity contribution is 0.243. The zero-order valence-corrected chi connectivity index (χ0v) is 11.4. The Bertz CT molecular complexity index is 508. The Labute approximate surface area is 108 Å². The molecule has 1 aliphatic heterocycles. The molecule has 1 saturated heterocycles. The first-order valence-corrected chi connectivity index (χ1v) is 8.12. The predicted molar refractivity (Wildman–Crippen MR) is 67.6 cm³/mol. The number of fused-ring (bicyclic) bond motifs is 1. The van der Waals surface area contributed by atoms with E-state index in [1.54, 1.807) is 10.4 Å². The van der Waals surface area contributed by atoms with Gasteiger partial charge in [0.15, 0.2) is 0 Å². The van der Waals surface area contributed by atoms with E-state index in [0.717, 1.165) is 19.3 Å². The van der Waals surface area contributed by atoms with E-state index in [9.17, 15) is 8.42 Å². The summed E-state index contributed by atoms with van der Waals surface area (Å²) < 4.78 is 32.0. The SMILES string of the molecule is CC1CC2CCCCC2N1S(=O)(=O)c1ccco1. The fraction of sp³-hybridized carbons (Fsp3) is 0.692. The van der Waals surface area contributed by atoms with Crippen LogP contribution >= 0.6 is 0 Å². The van der Waals surface area contributed by atoms with Gasteiger partial charge in [-0.15, -0.1) is 0 Å². The van der Waals surface area contributed by atoms with Gasteiger partial charge in [0.05, 0.1) is 6.26 Å². The fourth-order valence-electron chi connectivity index (χ4n) is 3.60. The van der Waals surface area contributed by atoms with Crippen molar-refractivity contribution in [3.63, 3.8) is 0 Å². The third-order valence-corrected chi connectivity index (χ3v) is 6.23. The second-order valence-electron chi connectivity index (χ2n) is 5.46. The predicted octanol–water partition coefficient (Wildman–Crippen LogP) is 2.62. The molecular formula is C13H19NO3S. The van der Waals surface area contributed by atoms with Crippen molar-refractivity contribution in [1.29, 1.82) is 0 Å². The van der Waals surface area contributed by atoms with Crippen LogP contribution in [0.1, 0.15) is 39.0 Å². The summed E-state index contributed by atoms with van der Waals surface area (Å²) in [6, 6.07) is 3.45. The summed E-state index contributed by atoms with van der Waals surface area (Å²) >= 11 is 0. The topological polar surface area (TPSA) is 50.5 Å². The van der Waals surface area contributed by atoms with Crippen molar-refractivity contribution < 1.29 is 12.8 Å². The monoisotopic (exact) mass is 269 g/mol. The first kappa shape index (κ1) is 12.2. The van der Waals surface area contributed by atoms with Crippen LogP contribution in [0.4, 0.5) is 0 Å². The van der Waals surface area contributed by atoms with Crippen molar-refractivity contribution in [1.82, 2.24) is 4.31 Å². The molecule has 5 heteroatoms. The summed E-state index contributed by atoms with van der Waals surface area (Å²) in [5, 5.41) is 0.0839. The highest BCUT2D eigenvalue weighted by Gasteiger charge is 2.47. The molecule has 4 nitrogen and oxygen atoms in total. The smallest absolute Gasteiger partial charge is 0.276 e. The standard InChI is InChI=1S/C13H19NO3S/c1-10-9-11-5-2-3-6-12(11)14(10)18(15,16)13-7-4-8-17-13/h4,7-8,10-12H,2-3,5-6,9H2,1H3. The molecule has 0 N–H and O–H groups in total. The molecule has 2 aliphatic rings. The van der Waals surface area contributed by atoms with Crippen molar-refractivity contribution in [2.45, 2.75) is 56.2 Å². The molecule has 0 bridgehead atoms. The second kappa shape index (κ2) is 4.38. The van der Waals surface area contributed by atoms with Crippen molar-refractivity contribution in [3.8, 4) is 0 Å². The Balaban J connectivity index is 1.96. The highest BCUT2D eigenvalue weighted by atomic mass is 32.2. The molecule has 100 valence electrons. The Kier molecular flexibility index (Phi) is 2.98. The Morgan fingerprint density at radius 3 is 2.83 bits per heavy atom. The molecule has 2 heterocycles. The summed E-state index contributed by atoms with van der Waals surface area (Å²) in [5.41, 5.74) is 0. The second-order valence-corrected chi connectivity index (χ2v) is 7.24. The van der Waals surface area contributed by atoms with Gasteiger partial charge in [-0.2, -0.15) is 4.31 Å². The van der Waals surface area contributed by atoms with E-state index in [-0.39, 0.29) is 17.2 Å². The van der Waals surface area contributed by atoms with Crippen LogP contribution < -0.4 is 0 Å². The van der Waals surface area contributed by atoms with Gasteiger partial charge in [-0.1, -0.05) is 12.8 Å². The van der Waals surface area contributed by atoms with Crippen LogP contribution in [0, 0.1) is 5.92 Å².